The van der Waals surface area contributed by atoms with E-state index in [-0.39, 0.29) is 6.61 Å². The molecule has 0 fully saturated rings. The van der Waals surface area contributed by atoms with Gasteiger partial charge in [0.05, 0.1) is 6.61 Å². The fraction of sp³-hybridized carbons (Fsp3) is 0.143. The zero-order valence-corrected chi connectivity index (χ0v) is 5.82. The van der Waals surface area contributed by atoms with Crippen LogP contribution in [0.2, 0.25) is 0 Å². The van der Waals surface area contributed by atoms with Crippen molar-refractivity contribution < 1.29 is 9.90 Å². The van der Waals surface area contributed by atoms with Crippen molar-refractivity contribution in [3.05, 3.63) is 23.8 Å². The molecule has 4 heteroatoms. The van der Waals surface area contributed by atoms with Crippen molar-refractivity contribution in [2.45, 2.75) is 0 Å². The number of aliphatic hydroxyl groups excluding tert-OH is 1. The molecule has 1 aromatic rings. The van der Waals surface area contributed by atoms with E-state index in [0.29, 0.717) is 17.7 Å². The summed E-state index contributed by atoms with van der Waals surface area (Å²) >= 11 is 0. The Morgan fingerprint density at radius 2 is 2.64 bits per heavy atom. The van der Waals surface area contributed by atoms with Gasteiger partial charge in [-0.1, -0.05) is 0 Å². The molecular weight excluding hydrogens is 144 g/mol. The molecule has 0 aromatic carbocycles. The maximum atomic E-state index is 10.2. The number of aliphatic hydroxyl groups is 1. The van der Waals surface area contributed by atoms with Crippen LogP contribution in [0.4, 0.5) is 0 Å². The quantitative estimate of drug-likeness (QED) is 0.472. The smallest absolute Gasteiger partial charge is 0.148 e. The number of carbonyl (C=O) groups is 1. The first-order valence-corrected chi connectivity index (χ1v) is 3.13. The third kappa shape index (κ3) is 2.01. The van der Waals surface area contributed by atoms with E-state index >= 15 is 0 Å². The van der Waals surface area contributed by atoms with E-state index in [0.717, 1.165) is 0 Å². The van der Waals surface area contributed by atoms with E-state index in [1.54, 1.807) is 12.4 Å². The molecule has 0 atom stereocenters. The Balaban J connectivity index is 2.79. The van der Waals surface area contributed by atoms with E-state index in [4.69, 9.17) is 5.11 Å². The number of carbonyl (C=O) groups excluding carboxylic acids is 1. The van der Waals surface area contributed by atoms with Crippen molar-refractivity contribution in [3.63, 3.8) is 0 Å². The van der Waals surface area contributed by atoms with Crippen molar-refractivity contribution in [1.82, 2.24) is 9.97 Å². The second-order valence-electron chi connectivity index (χ2n) is 1.97. The molecule has 0 saturated heterocycles. The van der Waals surface area contributed by atoms with Crippen molar-refractivity contribution in [1.29, 1.82) is 0 Å². The van der Waals surface area contributed by atoms with Crippen LogP contribution in [-0.4, -0.2) is 28.0 Å². The number of hydrogen-bond donors (Lipinski definition) is 2. The molecule has 0 unspecified atom stereocenters. The Morgan fingerprint density at radius 3 is 3.09 bits per heavy atom. The lowest BCUT2D eigenvalue weighted by Crippen LogP contribution is -1.91. The van der Waals surface area contributed by atoms with Crippen LogP contribution in [-0.2, 0) is 4.79 Å². The molecule has 1 heterocycles. The molecule has 0 radical (unpaired) electrons. The van der Waals surface area contributed by atoms with Gasteiger partial charge in [-0.05, 0) is 6.08 Å². The Morgan fingerprint density at radius 1 is 1.82 bits per heavy atom. The van der Waals surface area contributed by atoms with Gasteiger partial charge < -0.3 is 10.1 Å². The SMILES string of the molecule is O=CC(=Cc1ncc[nH]1)CO. The zero-order chi connectivity index (χ0) is 8.10. The van der Waals surface area contributed by atoms with Gasteiger partial charge in [-0.25, -0.2) is 4.98 Å². The summed E-state index contributed by atoms with van der Waals surface area (Å²) in [7, 11) is 0. The second kappa shape index (κ2) is 3.68. The lowest BCUT2D eigenvalue weighted by Gasteiger charge is -1.89. The Labute approximate surface area is 63.6 Å². The highest BCUT2D eigenvalue weighted by Gasteiger charge is 1.93. The predicted octanol–water partition coefficient (Wildman–Crippen LogP) is -0.0157. The summed E-state index contributed by atoms with van der Waals surface area (Å²) in [6.07, 6.45) is 5.31. The number of aromatic amines is 1. The summed E-state index contributed by atoms with van der Waals surface area (Å²) in [5.41, 5.74) is 0.306. The number of H-pyrrole nitrogens is 1. The normalized spacial score (nSPS) is 11.5. The maximum absolute atomic E-state index is 10.2. The van der Waals surface area contributed by atoms with E-state index in [9.17, 15) is 4.79 Å². The van der Waals surface area contributed by atoms with Crippen LogP contribution >= 0.6 is 0 Å². The van der Waals surface area contributed by atoms with Crippen LogP contribution in [0.5, 0.6) is 0 Å². The minimum atomic E-state index is -0.260. The number of aromatic nitrogens is 2. The molecule has 0 aliphatic rings. The topological polar surface area (TPSA) is 66.0 Å². The average Bonchev–Trinajstić information content (AvgIpc) is 2.52. The van der Waals surface area contributed by atoms with Crippen LogP contribution in [0.25, 0.3) is 6.08 Å². The second-order valence-corrected chi connectivity index (χ2v) is 1.97. The minimum absolute atomic E-state index is 0.260. The third-order valence-corrected chi connectivity index (χ3v) is 1.18. The molecule has 11 heavy (non-hydrogen) atoms. The van der Waals surface area contributed by atoms with E-state index < -0.39 is 0 Å². The molecule has 4 nitrogen and oxygen atoms in total. The first kappa shape index (κ1) is 7.68. The summed E-state index contributed by atoms with van der Waals surface area (Å²) in [6, 6.07) is 0. The van der Waals surface area contributed by atoms with Crippen LogP contribution in [0, 0.1) is 0 Å². The molecule has 0 aliphatic heterocycles. The average molecular weight is 152 g/mol. The lowest BCUT2D eigenvalue weighted by atomic mass is 10.3. The fourth-order valence-corrected chi connectivity index (χ4v) is 0.649. The number of nitrogens with one attached hydrogen (secondary N) is 1. The molecule has 0 amide bonds. The van der Waals surface area contributed by atoms with Crippen LogP contribution in [0.1, 0.15) is 5.82 Å². The Hall–Kier alpha value is -1.42. The first-order valence-electron chi connectivity index (χ1n) is 3.13. The van der Waals surface area contributed by atoms with Gasteiger partial charge in [0.25, 0.3) is 0 Å². The van der Waals surface area contributed by atoms with Crippen molar-refractivity contribution in [2.24, 2.45) is 0 Å². The zero-order valence-electron chi connectivity index (χ0n) is 5.82. The third-order valence-electron chi connectivity index (χ3n) is 1.18. The molecule has 1 aromatic heterocycles. The summed E-state index contributed by atoms with van der Waals surface area (Å²) in [6.45, 7) is -0.260. The van der Waals surface area contributed by atoms with Crippen molar-refractivity contribution >= 4 is 12.4 Å². The van der Waals surface area contributed by atoms with E-state index in [1.807, 2.05) is 0 Å². The molecule has 0 spiro atoms. The molecule has 1 rings (SSSR count). The highest BCUT2D eigenvalue weighted by molar-refractivity contribution is 5.80. The molecule has 2 N–H and O–H groups in total. The van der Waals surface area contributed by atoms with Gasteiger partial charge in [0.1, 0.15) is 12.1 Å². The Bertz CT molecular complexity index is 251. The minimum Gasteiger partial charge on any atom is -0.392 e. The van der Waals surface area contributed by atoms with Gasteiger partial charge in [0, 0.05) is 18.0 Å². The summed E-state index contributed by atoms with van der Waals surface area (Å²) in [5, 5.41) is 8.58. The largest absolute Gasteiger partial charge is 0.392 e. The highest BCUT2D eigenvalue weighted by atomic mass is 16.3. The number of hydrogen-bond acceptors (Lipinski definition) is 3. The highest BCUT2D eigenvalue weighted by Crippen LogP contribution is 1.97. The van der Waals surface area contributed by atoms with Gasteiger partial charge in [-0.2, -0.15) is 0 Å². The van der Waals surface area contributed by atoms with Crippen molar-refractivity contribution in [2.75, 3.05) is 6.61 Å². The predicted molar refractivity (Wildman–Crippen MR) is 39.7 cm³/mol. The number of nitrogens with zero attached hydrogens (tertiary/aromatic N) is 1. The van der Waals surface area contributed by atoms with Gasteiger partial charge in [0.2, 0.25) is 0 Å². The Kier molecular flexibility index (Phi) is 2.57. The number of imidazole rings is 1. The molecule has 58 valence electrons. The fourth-order valence-electron chi connectivity index (χ4n) is 0.649. The molecule has 0 saturated carbocycles. The van der Waals surface area contributed by atoms with Crippen LogP contribution < -0.4 is 0 Å². The first-order chi connectivity index (χ1) is 5.36. The van der Waals surface area contributed by atoms with Gasteiger partial charge in [-0.3, -0.25) is 4.79 Å². The number of aldehydes is 1. The molecule has 0 bridgehead atoms. The lowest BCUT2D eigenvalue weighted by molar-refractivity contribution is -0.105. The molecular formula is C7H8N2O2. The van der Waals surface area contributed by atoms with Crippen LogP contribution in [0.3, 0.4) is 0 Å². The van der Waals surface area contributed by atoms with Gasteiger partial charge in [0.15, 0.2) is 0 Å². The van der Waals surface area contributed by atoms with Crippen LogP contribution in [0.15, 0.2) is 18.0 Å². The molecule has 0 aliphatic carbocycles. The van der Waals surface area contributed by atoms with E-state index in [2.05, 4.69) is 9.97 Å². The summed E-state index contributed by atoms with van der Waals surface area (Å²) < 4.78 is 0. The maximum Gasteiger partial charge on any atom is 0.148 e. The van der Waals surface area contributed by atoms with Gasteiger partial charge in [-0.15, -0.1) is 0 Å². The monoisotopic (exact) mass is 152 g/mol. The van der Waals surface area contributed by atoms with Crippen molar-refractivity contribution in [3.8, 4) is 0 Å². The summed E-state index contributed by atoms with van der Waals surface area (Å²) in [5.74, 6) is 0.571. The number of rotatable bonds is 3. The van der Waals surface area contributed by atoms with E-state index in [1.165, 1.54) is 6.08 Å². The van der Waals surface area contributed by atoms with Gasteiger partial charge >= 0.3 is 0 Å². The standard InChI is InChI=1S/C7H8N2O2/c10-4-6(5-11)3-7-8-1-2-9-7/h1-4,11H,5H2,(H,8,9). The summed E-state index contributed by atoms with van der Waals surface area (Å²) in [4.78, 5) is 16.8.